The standard InChI is InChI=1S/C27H23NO8/c1-3-34-21-12-16(6-10-19(21)29)24-23(25(30)15-4-8-18(33-2)9-5-15)26(31)27(32)28(24)17-7-11-20-22(13-17)36-14-35-20/h4-13,24,29-30H,3,14H2,1-2H3/b25-23+. The SMILES string of the molecule is CCOc1cc(C2/C(=C(\O)c3ccc(OC)cc3)C(=O)C(=O)N2c2ccc3c(c2)OCO3)ccc1O. The molecule has 3 aromatic rings. The van der Waals surface area contributed by atoms with E-state index in [9.17, 15) is 19.8 Å². The van der Waals surface area contributed by atoms with Gasteiger partial charge in [-0.1, -0.05) is 6.07 Å². The number of hydrogen-bond acceptors (Lipinski definition) is 8. The van der Waals surface area contributed by atoms with Crippen LogP contribution in [0, 0.1) is 0 Å². The lowest BCUT2D eigenvalue weighted by atomic mass is 9.94. The number of phenolic OH excluding ortho intramolecular Hbond substituents is 1. The highest BCUT2D eigenvalue weighted by Gasteiger charge is 2.47. The molecular formula is C27H23NO8. The van der Waals surface area contributed by atoms with E-state index >= 15 is 0 Å². The monoisotopic (exact) mass is 489 g/mol. The fourth-order valence-electron chi connectivity index (χ4n) is 4.33. The summed E-state index contributed by atoms with van der Waals surface area (Å²) >= 11 is 0. The van der Waals surface area contributed by atoms with Crippen molar-refractivity contribution >= 4 is 23.1 Å². The van der Waals surface area contributed by atoms with E-state index in [1.807, 2.05) is 0 Å². The summed E-state index contributed by atoms with van der Waals surface area (Å²) in [5, 5.41) is 21.5. The van der Waals surface area contributed by atoms with Gasteiger partial charge in [0.05, 0.1) is 25.3 Å². The van der Waals surface area contributed by atoms with Crippen LogP contribution < -0.4 is 23.8 Å². The number of ether oxygens (including phenoxy) is 4. The molecule has 2 heterocycles. The van der Waals surface area contributed by atoms with E-state index < -0.39 is 17.7 Å². The molecule has 5 rings (SSSR count). The van der Waals surface area contributed by atoms with E-state index in [-0.39, 0.29) is 29.6 Å². The first-order valence-corrected chi connectivity index (χ1v) is 11.2. The Kier molecular flexibility index (Phi) is 5.89. The fourth-order valence-corrected chi connectivity index (χ4v) is 4.33. The number of carbonyl (C=O) groups excluding carboxylic acids is 2. The Labute approximate surface area is 206 Å². The maximum absolute atomic E-state index is 13.4. The van der Waals surface area contributed by atoms with Crippen molar-refractivity contribution in [3.8, 4) is 28.7 Å². The molecule has 1 unspecified atom stereocenters. The van der Waals surface area contributed by atoms with Gasteiger partial charge >= 0.3 is 0 Å². The summed E-state index contributed by atoms with van der Waals surface area (Å²) < 4.78 is 21.5. The summed E-state index contributed by atoms with van der Waals surface area (Å²) in [6.45, 7) is 2.12. The fraction of sp³-hybridized carbons (Fsp3) is 0.185. The molecule has 184 valence electrons. The molecular weight excluding hydrogens is 466 g/mol. The smallest absolute Gasteiger partial charge is 0.300 e. The first-order valence-electron chi connectivity index (χ1n) is 11.2. The number of Topliss-reactive ketones (excluding diaryl/α,β-unsaturated/α-hetero) is 1. The number of fused-ring (bicyclic) bond motifs is 1. The molecule has 9 heteroatoms. The third-order valence-corrected chi connectivity index (χ3v) is 6.04. The summed E-state index contributed by atoms with van der Waals surface area (Å²) in [5.74, 6) is -0.375. The second-order valence-corrected chi connectivity index (χ2v) is 8.10. The maximum Gasteiger partial charge on any atom is 0.300 e. The summed E-state index contributed by atoms with van der Waals surface area (Å²) in [4.78, 5) is 28.0. The molecule has 1 fully saturated rings. The van der Waals surface area contributed by atoms with Crippen LogP contribution in [0.5, 0.6) is 28.7 Å². The molecule has 0 saturated carbocycles. The van der Waals surface area contributed by atoms with Crippen molar-refractivity contribution in [1.29, 1.82) is 0 Å². The Morgan fingerprint density at radius 2 is 1.78 bits per heavy atom. The zero-order valence-corrected chi connectivity index (χ0v) is 19.6. The number of amides is 1. The number of benzene rings is 3. The molecule has 0 aromatic heterocycles. The van der Waals surface area contributed by atoms with Crippen molar-refractivity contribution in [3.05, 3.63) is 77.4 Å². The third-order valence-electron chi connectivity index (χ3n) is 6.04. The van der Waals surface area contributed by atoms with E-state index in [4.69, 9.17) is 18.9 Å². The average Bonchev–Trinajstić information content (AvgIpc) is 3.47. The lowest BCUT2D eigenvalue weighted by Gasteiger charge is -2.26. The van der Waals surface area contributed by atoms with Gasteiger partial charge in [0.2, 0.25) is 6.79 Å². The number of methoxy groups -OCH3 is 1. The van der Waals surface area contributed by atoms with Gasteiger partial charge < -0.3 is 29.2 Å². The van der Waals surface area contributed by atoms with Crippen LogP contribution in [0.15, 0.2) is 66.2 Å². The Bertz CT molecular complexity index is 1380. The van der Waals surface area contributed by atoms with Crippen molar-refractivity contribution in [2.75, 3.05) is 25.4 Å². The van der Waals surface area contributed by atoms with Gasteiger partial charge in [-0.2, -0.15) is 0 Å². The van der Waals surface area contributed by atoms with Crippen LogP contribution in [0.4, 0.5) is 5.69 Å². The second kappa shape index (κ2) is 9.18. The van der Waals surface area contributed by atoms with Gasteiger partial charge in [-0.3, -0.25) is 14.5 Å². The number of rotatable bonds is 6. The van der Waals surface area contributed by atoms with Crippen LogP contribution >= 0.6 is 0 Å². The lowest BCUT2D eigenvalue weighted by molar-refractivity contribution is -0.132. The van der Waals surface area contributed by atoms with Crippen molar-refractivity contribution in [2.24, 2.45) is 0 Å². The molecule has 0 spiro atoms. The number of aliphatic hydroxyl groups is 1. The molecule has 9 nitrogen and oxygen atoms in total. The normalized spacial score (nSPS) is 17.9. The topological polar surface area (TPSA) is 115 Å². The number of carbonyl (C=O) groups is 2. The Hall–Kier alpha value is -4.66. The van der Waals surface area contributed by atoms with Crippen molar-refractivity contribution in [3.63, 3.8) is 0 Å². The number of hydrogen-bond donors (Lipinski definition) is 2. The molecule has 1 amide bonds. The van der Waals surface area contributed by atoms with E-state index in [2.05, 4.69) is 0 Å². The van der Waals surface area contributed by atoms with E-state index in [0.29, 0.717) is 40.7 Å². The molecule has 0 aliphatic carbocycles. The van der Waals surface area contributed by atoms with Crippen LogP contribution in [0.25, 0.3) is 5.76 Å². The number of ketones is 1. The number of nitrogens with zero attached hydrogens (tertiary/aromatic N) is 1. The molecule has 0 bridgehead atoms. The van der Waals surface area contributed by atoms with Crippen LogP contribution in [0.3, 0.4) is 0 Å². The van der Waals surface area contributed by atoms with E-state index in [1.54, 1.807) is 61.5 Å². The Balaban J connectivity index is 1.70. The highest BCUT2D eigenvalue weighted by atomic mass is 16.7. The molecule has 36 heavy (non-hydrogen) atoms. The van der Waals surface area contributed by atoms with Gasteiger partial charge in [0, 0.05) is 17.3 Å². The van der Waals surface area contributed by atoms with Gasteiger partial charge in [-0.05, 0) is 61.0 Å². The highest BCUT2D eigenvalue weighted by molar-refractivity contribution is 6.51. The van der Waals surface area contributed by atoms with Crippen LogP contribution in [-0.2, 0) is 9.59 Å². The summed E-state index contributed by atoms with van der Waals surface area (Å²) in [6, 6.07) is 14.9. The molecule has 1 atom stereocenters. The van der Waals surface area contributed by atoms with Gasteiger partial charge in [-0.25, -0.2) is 0 Å². The first-order chi connectivity index (χ1) is 17.4. The first kappa shape index (κ1) is 23.1. The van der Waals surface area contributed by atoms with Crippen LogP contribution in [0.2, 0.25) is 0 Å². The lowest BCUT2D eigenvalue weighted by Crippen LogP contribution is -2.29. The van der Waals surface area contributed by atoms with Gasteiger partial charge in [-0.15, -0.1) is 0 Å². The maximum atomic E-state index is 13.4. The summed E-state index contributed by atoms with van der Waals surface area (Å²) in [5.41, 5.74) is 1.08. The van der Waals surface area contributed by atoms with Crippen molar-refractivity contribution in [1.82, 2.24) is 0 Å². The zero-order valence-electron chi connectivity index (χ0n) is 19.6. The number of aromatic hydroxyl groups is 1. The molecule has 2 aliphatic rings. The molecule has 0 radical (unpaired) electrons. The minimum absolute atomic E-state index is 0.0498. The highest BCUT2D eigenvalue weighted by Crippen LogP contribution is 2.46. The predicted molar refractivity (Wildman–Crippen MR) is 130 cm³/mol. The number of phenols is 1. The quantitative estimate of drug-likeness (QED) is 0.301. The Morgan fingerprint density at radius 1 is 1.03 bits per heavy atom. The third kappa shape index (κ3) is 3.84. The van der Waals surface area contributed by atoms with Gasteiger partial charge in [0.25, 0.3) is 11.7 Å². The van der Waals surface area contributed by atoms with Crippen molar-refractivity contribution in [2.45, 2.75) is 13.0 Å². The summed E-state index contributed by atoms with van der Waals surface area (Å²) in [6.07, 6.45) is 0. The second-order valence-electron chi connectivity index (χ2n) is 8.10. The van der Waals surface area contributed by atoms with Gasteiger partial charge in [0.1, 0.15) is 11.5 Å². The number of anilines is 1. The predicted octanol–water partition coefficient (Wildman–Crippen LogP) is 4.15. The molecule has 2 aliphatic heterocycles. The summed E-state index contributed by atoms with van der Waals surface area (Å²) in [7, 11) is 1.52. The van der Waals surface area contributed by atoms with Crippen LogP contribution in [0.1, 0.15) is 24.1 Å². The molecule has 1 saturated heterocycles. The largest absolute Gasteiger partial charge is 0.507 e. The van der Waals surface area contributed by atoms with E-state index in [0.717, 1.165) is 0 Å². The van der Waals surface area contributed by atoms with E-state index in [1.165, 1.54) is 18.1 Å². The molecule has 3 aromatic carbocycles. The van der Waals surface area contributed by atoms with Crippen molar-refractivity contribution < 1.29 is 38.7 Å². The average molecular weight is 489 g/mol. The van der Waals surface area contributed by atoms with Crippen LogP contribution in [-0.4, -0.2) is 42.4 Å². The Morgan fingerprint density at radius 3 is 2.50 bits per heavy atom. The minimum atomic E-state index is -1.01. The van der Waals surface area contributed by atoms with Gasteiger partial charge in [0.15, 0.2) is 23.0 Å². The number of aliphatic hydroxyl groups excluding tert-OH is 1. The zero-order chi connectivity index (χ0) is 25.4. The minimum Gasteiger partial charge on any atom is -0.507 e. The molecule has 2 N–H and O–H groups in total.